The molecule has 0 aromatic heterocycles. The molecule has 9 heteroatoms. The van der Waals surface area contributed by atoms with Crippen LogP contribution in [0.2, 0.25) is 0 Å². The Kier molecular flexibility index (Phi) is 7.98. The van der Waals surface area contributed by atoms with E-state index in [0.717, 1.165) is 23.7 Å². The lowest BCUT2D eigenvalue weighted by Crippen LogP contribution is -2.24. The Morgan fingerprint density at radius 2 is 1.83 bits per heavy atom. The van der Waals surface area contributed by atoms with Crippen LogP contribution in [-0.2, 0) is 14.8 Å². The molecule has 3 N–H and O–H groups in total. The van der Waals surface area contributed by atoms with Gasteiger partial charge in [-0.2, -0.15) is 0 Å². The monoisotopic (exact) mass is 422 g/mol. The van der Waals surface area contributed by atoms with Gasteiger partial charge in [-0.15, -0.1) is 0 Å². The smallest absolute Gasteiger partial charge is 0.243 e. The fourth-order valence-corrected chi connectivity index (χ4v) is 3.47. The highest BCUT2D eigenvalue weighted by Gasteiger charge is 2.19. The second-order valence-electron chi connectivity index (χ2n) is 6.69. The Morgan fingerprint density at radius 3 is 2.48 bits per heavy atom. The van der Waals surface area contributed by atoms with Gasteiger partial charge in [0.05, 0.1) is 22.8 Å². The van der Waals surface area contributed by atoms with E-state index in [2.05, 4.69) is 22.9 Å². The molecular weight excluding hydrogens is 395 g/mol. The van der Waals surface area contributed by atoms with Gasteiger partial charge in [-0.05, 0) is 42.8 Å². The van der Waals surface area contributed by atoms with E-state index in [9.17, 15) is 17.6 Å². The van der Waals surface area contributed by atoms with E-state index in [1.165, 1.54) is 44.4 Å². The molecule has 0 saturated heterocycles. The van der Waals surface area contributed by atoms with Gasteiger partial charge >= 0.3 is 0 Å². The summed E-state index contributed by atoms with van der Waals surface area (Å²) >= 11 is 0. The van der Waals surface area contributed by atoms with Crippen molar-refractivity contribution in [2.24, 2.45) is 0 Å². The van der Waals surface area contributed by atoms with Gasteiger partial charge in [0, 0.05) is 26.3 Å². The molecule has 0 aliphatic rings. The Balaban J connectivity index is 2.17. The van der Waals surface area contributed by atoms with E-state index in [1.807, 2.05) is 0 Å². The summed E-state index contributed by atoms with van der Waals surface area (Å²) in [5.74, 6) is -0.823. The van der Waals surface area contributed by atoms with Gasteiger partial charge in [-0.3, -0.25) is 4.79 Å². The lowest BCUT2D eigenvalue weighted by molar-refractivity contribution is -0.114. The molecule has 0 radical (unpaired) electrons. The van der Waals surface area contributed by atoms with Crippen LogP contribution in [0.25, 0.3) is 0 Å². The van der Waals surface area contributed by atoms with E-state index in [4.69, 9.17) is 0 Å². The molecule has 0 aliphatic heterocycles. The second-order valence-corrected chi connectivity index (χ2v) is 8.84. The highest BCUT2D eigenvalue weighted by atomic mass is 32.2. The predicted molar refractivity (Wildman–Crippen MR) is 114 cm³/mol. The topological polar surface area (TPSA) is 90.5 Å². The quantitative estimate of drug-likeness (QED) is 0.511. The number of sulfonamides is 1. The number of carbonyl (C=O) groups is 1. The third kappa shape index (κ3) is 6.43. The largest absolute Gasteiger partial charge is 0.383 e. The third-order valence-corrected chi connectivity index (χ3v) is 5.97. The minimum absolute atomic E-state index is 0.107. The number of nitrogens with zero attached hydrogens (tertiary/aromatic N) is 1. The molecule has 0 heterocycles. The fourth-order valence-electron chi connectivity index (χ4n) is 2.54. The molecular formula is C20H27FN4O3S. The van der Waals surface area contributed by atoms with Crippen molar-refractivity contribution in [2.45, 2.75) is 24.7 Å². The average Bonchev–Trinajstić information content (AvgIpc) is 2.67. The number of carbonyl (C=O) groups excluding carboxylic acids is 1. The number of amides is 1. The van der Waals surface area contributed by atoms with Gasteiger partial charge < -0.3 is 16.0 Å². The SMILES string of the molecule is CCCCNc1ccc(S(=O)(=O)N(C)C)cc1NCC(=O)Nc1cccc(F)c1. The van der Waals surface area contributed by atoms with Crippen LogP contribution in [0, 0.1) is 5.82 Å². The van der Waals surface area contributed by atoms with Crippen LogP contribution in [0.3, 0.4) is 0 Å². The molecule has 2 aromatic rings. The van der Waals surface area contributed by atoms with E-state index in [1.54, 1.807) is 12.1 Å². The van der Waals surface area contributed by atoms with Crippen molar-refractivity contribution in [2.75, 3.05) is 43.1 Å². The van der Waals surface area contributed by atoms with Crippen LogP contribution >= 0.6 is 0 Å². The van der Waals surface area contributed by atoms with Crippen LogP contribution in [0.5, 0.6) is 0 Å². The van der Waals surface area contributed by atoms with E-state index in [-0.39, 0.29) is 17.3 Å². The van der Waals surface area contributed by atoms with Crippen LogP contribution in [0.15, 0.2) is 47.4 Å². The Morgan fingerprint density at radius 1 is 1.07 bits per heavy atom. The Bertz CT molecular complexity index is 948. The molecule has 0 spiro atoms. The van der Waals surface area contributed by atoms with E-state index in [0.29, 0.717) is 17.1 Å². The normalized spacial score (nSPS) is 11.3. The minimum atomic E-state index is -3.61. The van der Waals surface area contributed by atoms with Crippen molar-refractivity contribution in [3.63, 3.8) is 0 Å². The van der Waals surface area contributed by atoms with Crippen molar-refractivity contribution in [1.82, 2.24) is 4.31 Å². The van der Waals surface area contributed by atoms with Gasteiger partial charge in [0.15, 0.2) is 0 Å². The highest BCUT2D eigenvalue weighted by Crippen LogP contribution is 2.27. The summed E-state index contributed by atoms with van der Waals surface area (Å²) in [5.41, 5.74) is 1.55. The summed E-state index contributed by atoms with van der Waals surface area (Å²) in [5, 5.41) is 8.83. The van der Waals surface area contributed by atoms with Gasteiger partial charge in [-0.1, -0.05) is 19.4 Å². The molecule has 2 aromatic carbocycles. The summed E-state index contributed by atoms with van der Waals surface area (Å²) in [4.78, 5) is 12.3. The van der Waals surface area contributed by atoms with E-state index < -0.39 is 15.8 Å². The molecule has 158 valence electrons. The van der Waals surface area contributed by atoms with Crippen molar-refractivity contribution < 1.29 is 17.6 Å². The standard InChI is InChI=1S/C20H27FN4O3S/c1-4-5-11-22-18-10-9-17(29(27,28)25(2)3)13-19(18)23-14-20(26)24-16-8-6-7-15(21)12-16/h6-10,12-13,22-23H,4-5,11,14H2,1-3H3,(H,24,26). The molecule has 0 bridgehead atoms. The summed E-state index contributed by atoms with van der Waals surface area (Å²) in [7, 11) is -0.689. The minimum Gasteiger partial charge on any atom is -0.383 e. The number of halogens is 1. The number of benzene rings is 2. The first-order chi connectivity index (χ1) is 13.7. The summed E-state index contributed by atoms with van der Waals surface area (Å²) < 4.78 is 39.2. The van der Waals surface area contributed by atoms with Crippen LogP contribution < -0.4 is 16.0 Å². The highest BCUT2D eigenvalue weighted by molar-refractivity contribution is 7.89. The molecule has 1 amide bonds. The zero-order chi connectivity index (χ0) is 21.4. The first-order valence-corrected chi connectivity index (χ1v) is 10.8. The van der Waals surface area contributed by atoms with Crippen molar-refractivity contribution in [3.05, 3.63) is 48.3 Å². The molecule has 0 saturated carbocycles. The summed E-state index contributed by atoms with van der Waals surface area (Å²) in [6, 6.07) is 10.3. The zero-order valence-corrected chi connectivity index (χ0v) is 17.6. The maximum atomic E-state index is 13.3. The summed E-state index contributed by atoms with van der Waals surface area (Å²) in [6.07, 6.45) is 1.97. The van der Waals surface area contributed by atoms with Crippen LogP contribution in [-0.4, -0.2) is 45.8 Å². The lowest BCUT2D eigenvalue weighted by Gasteiger charge is -2.17. The zero-order valence-electron chi connectivity index (χ0n) is 16.8. The number of unbranched alkanes of at least 4 members (excludes halogenated alkanes) is 1. The number of hydrogen-bond acceptors (Lipinski definition) is 5. The number of hydrogen-bond donors (Lipinski definition) is 3. The number of rotatable bonds is 10. The molecule has 29 heavy (non-hydrogen) atoms. The predicted octanol–water partition coefficient (Wildman–Crippen LogP) is 3.34. The molecule has 0 fully saturated rings. The lowest BCUT2D eigenvalue weighted by atomic mass is 10.2. The number of nitrogens with one attached hydrogen (secondary N) is 3. The fraction of sp³-hybridized carbons (Fsp3) is 0.350. The molecule has 2 rings (SSSR count). The average molecular weight is 423 g/mol. The molecule has 0 unspecified atom stereocenters. The van der Waals surface area contributed by atoms with Crippen molar-refractivity contribution in [1.29, 1.82) is 0 Å². The molecule has 0 aliphatic carbocycles. The number of anilines is 3. The van der Waals surface area contributed by atoms with Gasteiger partial charge in [0.2, 0.25) is 15.9 Å². The van der Waals surface area contributed by atoms with Gasteiger partial charge in [-0.25, -0.2) is 17.1 Å². The Hall–Kier alpha value is -2.65. The Labute approximate surface area is 171 Å². The van der Waals surface area contributed by atoms with Gasteiger partial charge in [0.25, 0.3) is 0 Å². The van der Waals surface area contributed by atoms with Crippen molar-refractivity contribution in [3.8, 4) is 0 Å². The van der Waals surface area contributed by atoms with E-state index >= 15 is 0 Å². The van der Waals surface area contributed by atoms with Crippen LogP contribution in [0.1, 0.15) is 19.8 Å². The first-order valence-electron chi connectivity index (χ1n) is 9.33. The molecule has 7 nitrogen and oxygen atoms in total. The first kappa shape index (κ1) is 22.6. The molecule has 0 atom stereocenters. The van der Waals surface area contributed by atoms with Crippen molar-refractivity contribution >= 4 is 33.0 Å². The maximum absolute atomic E-state index is 13.3. The maximum Gasteiger partial charge on any atom is 0.243 e. The summed E-state index contributed by atoms with van der Waals surface area (Å²) in [6.45, 7) is 2.69. The van der Waals surface area contributed by atoms with Crippen LogP contribution in [0.4, 0.5) is 21.5 Å². The third-order valence-electron chi connectivity index (χ3n) is 4.16. The second kappa shape index (κ2) is 10.2. The van der Waals surface area contributed by atoms with Gasteiger partial charge in [0.1, 0.15) is 5.82 Å².